The molecular weight excluding hydrogens is 298 g/mol. The van der Waals surface area contributed by atoms with E-state index in [0.29, 0.717) is 24.7 Å². The summed E-state index contributed by atoms with van der Waals surface area (Å²) in [6.45, 7) is 8.13. The summed E-state index contributed by atoms with van der Waals surface area (Å²) in [5.41, 5.74) is 0. The lowest BCUT2D eigenvalue weighted by atomic mass is 9.74. The second kappa shape index (κ2) is 8.43. The monoisotopic (exact) mass is 327 g/mol. The molecule has 1 N–H and O–H groups in total. The van der Waals surface area contributed by atoms with Gasteiger partial charge in [-0.3, -0.25) is 14.4 Å². The van der Waals surface area contributed by atoms with Gasteiger partial charge < -0.3 is 14.8 Å². The Bertz CT molecular complexity index is 408. The predicted octanol–water partition coefficient (Wildman–Crippen LogP) is 1.57. The lowest BCUT2D eigenvalue weighted by Crippen LogP contribution is -2.62. The molecule has 0 aromatic carbocycles. The lowest BCUT2D eigenvalue weighted by Gasteiger charge is -2.40. The molecule has 0 aromatic heterocycles. The Kier molecular flexibility index (Phi) is 7.19. The molecule has 0 amide bonds. The van der Waals surface area contributed by atoms with Crippen molar-refractivity contribution in [1.82, 2.24) is 5.32 Å². The van der Waals surface area contributed by atoms with Gasteiger partial charge >= 0.3 is 11.9 Å². The molecule has 1 aliphatic heterocycles. The van der Waals surface area contributed by atoms with Gasteiger partial charge in [0, 0.05) is 12.1 Å². The number of rotatable bonds is 6. The Morgan fingerprint density at radius 3 is 1.52 bits per heavy atom. The van der Waals surface area contributed by atoms with Crippen molar-refractivity contribution in [2.24, 2.45) is 23.7 Å². The molecule has 6 heteroatoms. The number of carbonyl (C=O) groups is 3. The van der Waals surface area contributed by atoms with Crippen LogP contribution < -0.4 is 5.32 Å². The van der Waals surface area contributed by atoms with E-state index in [1.54, 1.807) is 0 Å². The number of methoxy groups -OCH3 is 2. The van der Waals surface area contributed by atoms with Crippen LogP contribution in [0.25, 0.3) is 0 Å². The average Bonchev–Trinajstić information content (AvgIpc) is 2.44. The first-order valence-corrected chi connectivity index (χ1v) is 8.18. The van der Waals surface area contributed by atoms with Gasteiger partial charge in [-0.25, -0.2) is 0 Å². The molecule has 0 saturated carbocycles. The molecule has 1 rings (SSSR count). The summed E-state index contributed by atoms with van der Waals surface area (Å²) >= 11 is 0. The molecule has 1 fully saturated rings. The average molecular weight is 327 g/mol. The molecule has 2 unspecified atom stereocenters. The van der Waals surface area contributed by atoms with Gasteiger partial charge in [-0.2, -0.15) is 0 Å². The molecule has 0 radical (unpaired) electrons. The Labute approximate surface area is 138 Å². The highest BCUT2D eigenvalue weighted by Gasteiger charge is 2.50. The molecule has 6 nitrogen and oxygen atoms in total. The molecule has 1 heterocycles. The van der Waals surface area contributed by atoms with Crippen molar-refractivity contribution in [3.05, 3.63) is 0 Å². The Hall–Kier alpha value is -1.43. The highest BCUT2D eigenvalue weighted by atomic mass is 16.5. The third kappa shape index (κ3) is 4.77. The number of ether oxygens (including phenoxy) is 2. The minimum absolute atomic E-state index is 0.307. The highest BCUT2D eigenvalue weighted by Crippen LogP contribution is 2.30. The Morgan fingerprint density at radius 1 is 0.913 bits per heavy atom. The Balaban J connectivity index is 3.18. The zero-order chi connectivity index (χ0) is 17.7. The minimum atomic E-state index is -0.963. The van der Waals surface area contributed by atoms with Crippen LogP contribution in [0.1, 0.15) is 40.5 Å². The summed E-state index contributed by atoms with van der Waals surface area (Å²) in [6, 6.07) is -0.640. The minimum Gasteiger partial charge on any atom is -0.468 e. The fourth-order valence-electron chi connectivity index (χ4n) is 3.30. The topological polar surface area (TPSA) is 81.7 Å². The van der Waals surface area contributed by atoms with Crippen LogP contribution in [0.3, 0.4) is 0 Å². The summed E-state index contributed by atoms with van der Waals surface area (Å²) in [7, 11) is 2.52. The van der Waals surface area contributed by atoms with Crippen LogP contribution in [0.15, 0.2) is 0 Å². The fraction of sp³-hybridized carbons (Fsp3) is 0.824. The first-order valence-electron chi connectivity index (χ1n) is 8.18. The lowest BCUT2D eigenvalue weighted by molar-refractivity contribution is -0.160. The van der Waals surface area contributed by atoms with E-state index < -0.39 is 29.6 Å². The SMILES string of the molecule is COC(=O)C1C(=O)C(C(=O)OC)[C@@H](CC(C)C)N[C@H]1CC(C)C. The van der Waals surface area contributed by atoms with Crippen LogP contribution in [0, 0.1) is 23.7 Å². The van der Waals surface area contributed by atoms with Crippen molar-refractivity contribution in [1.29, 1.82) is 0 Å². The second-order valence-electron chi connectivity index (χ2n) is 7.04. The molecule has 4 atom stereocenters. The third-order valence-corrected chi connectivity index (χ3v) is 4.21. The van der Waals surface area contributed by atoms with Gasteiger partial charge in [0.2, 0.25) is 0 Å². The summed E-state index contributed by atoms with van der Waals surface area (Å²) in [4.78, 5) is 37.1. The van der Waals surface area contributed by atoms with Crippen molar-refractivity contribution >= 4 is 17.7 Å². The molecular formula is C17H29NO5. The number of hydrogen-bond acceptors (Lipinski definition) is 6. The maximum atomic E-state index is 12.9. The van der Waals surface area contributed by atoms with Crippen LogP contribution in [0.4, 0.5) is 0 Å². The third-order valence-electron chi connectivity index (χ3n) is 4.21. The van der Waals surface area contributed by atoms with Gasteiger partial charge in [0.05, 0.1) is 14.2 Å². The van der Waals surface area contributed by atoms with E-state index in [0.717, 1.165) is 0 Å². The number of esters is 2. The number of ketones is 1. The molecule has 1 aliphatic rings. The summed E-state index contributed by atoms with van der Waals surface area (Å²) in [6.07, 6.45) is 1.32. The van der Waals surface area contributed by atoms with Gasteiger partial charge in [0.1, 0.15) is 11.8 Å². The van der Waals surface area contributed by atoms with Gasteiger partial charge in [0.15, 0.2) is 5.78 Å². The van der Waals surface area contributed by atoms with E-state index in [4.69, 9.17) is 9.47 Å². The van der Waals surface area contributed by atoms with Crippen LogP contribution in [0.5, 0.6) is 0 Å². The summed E-state index contributed by atoms with van der Waals surface area (Å²) in [5, 5.41) is 3.35. The van der Waals surface area contributed by atoms with Crippen LogP contribution in [-0.2, 0) is 23.9 Å². The molecule has 1 saturated heterocycles. The Morgan fingerprint density at radius 2 is 1.26 bits per heavy atom. The summed E-state index contributed by atoms with van der Waals surface area (Å²) in [5.74, 6) is -2.89. The van der Waals surface area contributed by atoms with Crippen molar-refractivity contribution in [2.75, 3.05) is 14.2 Å². The predicted molar refractivity (Wildman–Crippen MR) is 85.6 cm³/mol. The van der Waals surface area contributed by atoms with Crippen molar-refractivity contribution in [3.63, 3.8) is 0 Å². The molecule has 0 spiro atoms. The molecule has 0 aromatic rings. The smallest absolute Gasteiger partial charge is 0.317 e. The maximum absolute atomic E-state index is 12.9. The molecule has 132 valence electrons. The van der Waals surface area contributed by atoms with E-state index in [1.165, 1.54) is 14.2 Å². The standard InChI is InChI=1S/C17H29NO5/c1-9(2)7-11-13(16(20)22-5)15(19)14(17(21)23-6)12(18-11)8-10(3)4/h9-14,18H,7-8H2,1-6H3/t11-,12+,13?,14?. The highest BCUT2D eigenvalue weighted by molar-refractivity contribution is 6.10. The van der Waals surface area contributed by atoms with E-state index >= 15 is 0 Å². The number of Topliss-reactive ketones (excluding diaryl/α,β-unsaturated/α-hetero) is 1. The van der Waals surface area contributed by atoms with E-state index in [-0.39, 0.29) is 12.1 Å². The molecule has 0 aliphatic carbocycles. The quantitative estimate of drug-likeness (QED) is 0.589. The van der Waals surface area contributed by atoms with Gasteiger partial charge in [-0.05, 0) is 24.7 Å². The number of hydrogen-bond donors (Lipinski definition) is 1. The first kappa shape index (κ1) is 19.6. The van der Waals surface area contributed by atoms with E-state index in [2.05, 4.69) is 5.32 Å². The molecule has 0 bridgehead atoms. The molecule has 23 heavy (non-hydrogen) atoms. The second-order valence-corrected chi connectivity index (χ2v) is 7.04. The van der Waals surface area contributed by atoms with E-state index in [9.17, 15) is 14.4 Å². The zero-order valence-corrected chi connectivity index (χ0v) is 14.9. The van der Waals surface area contributed by atoms with Crippen LogP contribution in [-0.4, -0.2) is 44.0 Å². The van der Waals surface area contributed by atoms with Crippen LogP contribution in [0.2, 0.25) is 0 Å². The normalized spacial score (nSPS) is 28.1. The van der Waals surface area contributed by atoms with Gasteiger partial charge in [0.25, 0.3) is 0 Å². The summed E-state index contributed by atoms with van der Waals surface area (Å²) < 4.78 is 9.60. The fourth-order valence-corrected chi connectivity index (χ4v) is 3.30. The van der Waals surface area contributed by atoms with Crippen LogP contribution >= 0.6 is 0 Å². The van der Waals surface area contributed by atoms with Gasteiger partial charge in [-0.1, -0.05) is 27.7 Å². The maximum Gasteiger partial charge on any atom is 0.317 e. The zero-order valence-electron chi connectivity index (χ0n) is 14.9. The van der Waals surface area contributed by atoms with Crippen molar-refractivity contribution in [3.8, 4) is 0 Å². The van der Waals surface area contributed by atoms with Crippen molar-refractivity contribution in [2.45, 2.75) is 52.6 Å². The first-order chi connectivity index (χ1) is 10.7. The largest absolute Gasteiger partial charge is 0.468 e. The number of piperidine rings is 1. The van der Waals surface area contributed by atoms with Gasteiger partial charge in [-0.15, -0.1) is 0 Å². The van der Waals surface area contributed by atoms with E-state index in [1.807, 2.05) is 27.7 Å². The number of carbonyl (C=O) groups excluding carboxylic acids is 3. The number of nitrogens with one attached hydrogen (secondary N) is 1. The van der Waals surface area contributed by atoms with Crippen molar-refractivity contribution < 1.29 is 23.9 Å².